The molecule has 1 N–H and O–H groups in total. The number of nitrogens with zero attached hydrogens (tertiary/aromatic N) is 2. The molecule has 4 rings (SSSR count). The van der Waals surface area contributed by atoms with E-state index in [-0.39, 0.29) is 24.2 Å². The number of halogens is 1. The summed E-state index contributed by atoms with van der Waals surface area (Å²) in [5.41, 5.74) is 1.93. The van der Waals surface area contributed by atoms with Gasteiger partial charge in [-0.2, -0.15) is 0 Å². The molecule has 32 heavy (non-hydrogen) atoms. The topological polar surface area (TPSA) is 88.2 Å². The first-order valence-corrected chi connectivity index (χ1v) is 10.4. The summed E-state index contributed by atoms with van der Waals surface area (Å²) in [7, 11) is 0. The van der Waals surface area contributed by atoms with Gasteiger partial charge in [0.2, 0.25) is 11.8 Å². The fourth-order valence-electron chi connectivity index (χ4n) is 3.91. The number of nitrogens with one attached hydrogen (secondary N) is 1. The van der Waals surface area contributed by atoms with Gasteiger partial charge >= 0.3 is 6.09 Å². The number of hydrogen-bond donors (Lipinski definition) is 1. The molecule has 2 aromatic carbocycles. The fraction of sp³-hybridized carbons (Fsp3) is 0.348. The number of ether oxygens (including phenoxy) is 2. The lowest BCUT2D eigenvalue weighted by Crippen LogP contribution is -2.51. The molecule has 3 amide bonds. The highest BCUT2D eigenvalue weighted by Crippen LogP contribution is 2.35. The summed E-state index contributed by atoms with van der Waals surface area (Å²) in [4.78, 5) is 40.6. The molecule has 168 valence electrons. The van der Waals surface area contributed by atoms with Crippen molar-refractivity contribution in [3.63, 3.8) is 0 Å². The first-order valence-electron chi connectivity index (χ1n) is 10.4. The van der Waals surface area contributed by atoms with Gasteiger partial charge in [-0.15, -0.1) is 0 Å². The predicted octanol–water partition coefficient (Wildman–Crippen LogP) is 2.71. The number of cyclic esters (lactones) is 1. The molecule has 0 saturated carbocycles. The third-order valence-electron chi connectivity index (χ3n) is 5.49. The molecule has 0 bridgehead atoms. The molecule has 2 aliphatic heterocycles. The van der Waals surface area contributed by atoms with Gasteiger partial charge in [0.1, 0.15) is 5.82 Å². The number of rotatable bonds is 5. The minimum absolute atomic E-state index is 0.111. The van der Waals surface area contributed by atoms with Crippen LogP contribution in [0.5, 0.6) is 0 Å². The smallest absolute Gasteiger partial charge is 0.411 e. The van der Waals surface area contributed by atoms with Crippen molar-refractivity contribution in [3.05, 3.63) is 65.5 Å². The summed E-state index contributed by atoms with van der Waals surface area (Å²) in [6.07, 6.45) is -1.43. The molecule has 9 heteroatoms. The number of benzene rings is 2. The quantitative estimate of drug-likeness (QED) is 0.771. The second kappa shape index (κ2) is 9.35. The molecule has 2 unspecified atom stereocenters. The average Bonchev–Trinajstić information content (AvgIpc) is 3.11. The Morgan fingerprint density at radius 1 is 1.06 bits per heavy atom. The molecule has 0 radical (unpaired) electrons. The van der Waals surface area contributed by atoms with Gasteiger partial charge in [0.05, 0.1) is 19.8 Å². The Labute approximate surface area is 184 Å². The van der Waals surface area contributed by atoms with Gasteiger partial charge in [0.15, 0.2) is 12.1 Å². The molecule has 0 spiro atoms. The molecule has 0 aromatic heterocycles. The van der Waals surface area contributed by atoms with Gasteiger partial charge in [-0.1, -0.05) is 24.3 Å². The third-order valence-corrected chi connectivity index (χ3v) is 5.49. The maximum absolute atomic E-state index is 13.5. The molecule has 2 aromatic rings. The molecule has 2 aliphatic rings. The maximum Gasteiger partial charge on any atom is 0.411 e. The second-order valence-corrected chi connectivity index (χ2v) is 7.74. The first-order chi connectivity index (χ1) is 15.4. The lowest BCUT2D eigenvalue weighted by atomic mass is 9.99. The molecule has 2 atom stereocenters. The Hall–Kier alpha value is -3.46. The van der Waals surface area contributed by atoms with Crippen LogP contribution < -0.4 is 5.32 Å². The number of carbonyl (C=O) groups excluding carboxylic acids is 3. The third kappa shape index (κ3) is 4.72. The standard InChI is InChI=1S/C23H24FN3O5/c1-15(28)25-19-8-4-17(5-9-19)21-20(22(29)26-10-12-31-13-11-26)27(23(30)32-21)14-16-2-6-18(24)7-3-16/h2-9,20-21H,10-14H2,1H3,(H,25,28). The van der Waals surface area contributed by atoms with E-state index in [2.05, 4.69) is 5.32 Å². The zero-order valence-electron chi connectivity index (χ0n) is 17.6. The van der Waals surface area contributed by atoms with Crippen LogP contribution in [0.4, 0.5) is 14.9 Å². The van der Waals surface area contributed by atoms with Crippen molar-refractivity contribution in [1.82, 2.24) is 9.80 Å². The molecule has 8 nitrogen and oxygen atoms in total. The van der Waals surface area contributed by atoms with Gasteiger partial charge < -0.3 is 19.7 Å². The van der Waals surface area contributed by atoms with E-state index in [0.29, 0.717) is 43.1 Å². The highest BCUT2D eigenvalue weighted by molar-refractivity contribution is 5.90. The number of anilines is 1. The molecular weight excluding hydrogens is 417 g/mol. The van der Waals surface area contributed by atoms with Crippen molar-refractivity contribution in [3.8, 4) is 0 Å². The number of carbonyl (C=O) groups is 3. The van der Waals surface area contributed by atoms with Crippen molar-refractivity contribution < 1.29 is 28.2 Å². The van der Waals surface area contributed by atoms with E-state index in [9.17, 15) is 18.8 Å². The Bertz CT molecular complexity index is 990. The van der Waals surface area contributed by atoms with Crippen molar-refractivity contribution in [2.45, 2.75) is 25.6 Å². The van der Waals surface area contributed by atoms with E-state index in [1.165, 1.54) is 24.0 Å². The van der Waals surface area contributed by atoms with Crippen LogP contribution in [0.25, 0.3) is 0 Å². The van der Waals surface area contributed by atoms with Crippen LogP contribution in [0.1, 0.15) is 24.2 Å². The van der Waals surface area contributed by atoms with E-state index < -0.39 is 18.2 Å². The van der Waals surface area contributed by atoms with E-state index in [0.717, 1.165) is 0 Å². The van der Waals surface area contributed by atoms with Crippen molar-refractivity contribution in [1.29, 1.82) is 0 Å². The number of morpholine rings is 1. The van der Waals surface area contributed by atoms with Gasteiger partial charge in [-0.25, -0.2) is 9.18 Å². The summed E-state index contributed by atoms with van der Waals surface area (Å²) in [5, 5.41) is 2.69. The van der Waals surface area contributed by atoms with Crippen LogP contribution in [-0.4, -0.2) is 60.1 Å². The number of hydrogen-bond acceptors (Lipinski definition) is 5. The minimum Gasteiger partial charge on any atom is -0.438 e. The van der Waals surface area contributed by atoms with Crippen molar-refractivity contribution >= 4 is 23.6 Å². The van der Waals surface area contributed by atoms with Crippen LogP contribution in [0, 0.1) is 5.82 Å². The van der Waals surface area contributed by atoms with Crippen molar-refractivity contribution in [2.75, 3.05) is 31.6 Å². The second-order valence-electron chi connectivity index (χ2n) is 7.74. The van der Waals surface area contributed by atoms with Gasteiger partial charge in [0, 0.05) is 25.7 Å². The van der Waals surface area contributed by atoms with E-state index >= 15 is 0 Å². The Kier molecular flexibility index (Phi) is 6.36. The zero-order chi connectivity index (χ0) is 22.7. The minimum atomic E-state index is -0.878. The van der Waals surface area contributed by atoms with E-state index in [1.807, 2.05) is 0 Å². The van der Waals surface area contributed by atoms with E-state index in [1.54, 1.807) is 41.3 Å². The zero-order valence-corrected chi connectivity index (χ0v) is 17.6. The summed E-state index contributed by atoms with van der Waals surface area (Å²) in [6.45, 7) is 3.25. The monoisotopic (exact) mass is 441 g/mol. The summed E-state index contributed by atoms with van der Waals surface area (Å²) >= 11 is 0. The van der Waals surface area contributed by atoms with Gasteiger partial charge in [0.25, 0.3) is 0 Å². The van der Waals surface area contributed by atoms with Gasteiger partial charge in [-0.3, -0.25) is 14.5 Å². The van der Waals surface area contributed by atoms with Crippen molar-refractivity contribution in [2.24, 2.45) is 0 Å². The summed E-state index contributed by atoms with van der Waals surface area (Å²) in [5.74, 6) is -0.802. The molecule has 2 saturated heterocycles. The first kappa shape index (κ1) is 21.8. The van der Waals surface area contributed by atoms with Crippen LogP contribution in [0.3, 0.4) is 0 Å². The SMILES string of the molecule is CC(=O)Nc1ccc(C2OC(=O)N(Cc3ccc(F)cc3)C2C(=O)N2CCOCC2)cc1. The molecule has 0 aliphatic carbocycles. The largest absolute Gasteiger partial charge is 0.438 e. The normalized spacial score (nSPS) is 20.8. The van der Waals surface area contributed by atoms with Crippen LogP contribution in [-0.2, 0) is 25.6 Å². The fourth-order valence-corrected chi connectivity index (χ4v) is 3.91. The summed E-state index contributed by atoms with van der Waals surface area (Å²) < 4.78 is 24.3. The highest BCUT2D eigenvalue weighted by Gasteiger charge is 2.48. The van der Waals surface area contributed by atoms with Crippen LogP contribution >= 0.6 is 0 Å². The Balaban J connectivity index is 1.63. The number of amides is 3. The van der Waals surface area contributed by atoms with Crippen LogP contribution in [0.2, 0.25) is 0 Å². The Morgan fingerprint density at radius 2 is 1.72 bits per heavy atom. The Morgan fingerprint density at radius 3 is 2.34 bits per heavy atom. The lowest BCUT2D eigenvalue weighted by Gasteiger charge is -2.32. The summed E-state index contributed by atoms with van der Waals surface area (Å²) in [6, 6.07) is 11.8. The highest BCUT2D eigenvalue weighted by atomic mass is 19.1. The average molecular weight is 441 g/mol. The lowest BCUT2D eigenvalue weighted by molar-refractivity contribution is -0.141. The van der Waals surface area contributed by atoms with E-state index in [4.69, 9.17) is 9.47 Å². The van der Waals surface area contributed by atoms with Gasteiger partial charge in [-0.05, 0) is 35.4 Å². The predicted molar refractivity (Wildman–Crippen MR) is 113 cm³/mol. The molecule has 2 heterocycles. The maximum atomic E-state index is 13.5. The molecular formula is C23H24FN3O5. The van der Waals surface area contributed by atoms with Crippen LogP contribution in [0.15, 0.2) is 48.5 Å². The molecule has 2 fully saturated rings.